The Morgan fingerprint density at radius 2 is 1.73 bits per heavy atom. The number of benzene rings is 2. The minimum atomic E-state index is -1.52. The largest absolute Gasteiger partial charge is 0.508 e. The topological polar surface area (TPSA) is 104 Å². The molecule has 0 spiro atoms. The summed E-state index contributed by atoms with van der Waals surface area (Å²) in [4.78, 5) is 37.4. The van der Waals surface area contributed by atoms with Crippen LogP contribution < -0.4 is 0 Å². The van der Waals surface area contributed by atoms with E-state index in [1.807, 2.05) is 0 Å². The van der Waals surface area contributed by atoms with Crippen LogP contribution >= 0.6 is 0 Å². The number of carbonyl (C=O) groups is 3. The van der Waals surface area contributed by atoms with E-state index in [9.17, 15) is 24.6 Å². The normalized spacial score (nSPS) is 14.3. The van der Waals surface area contributed by atoms with Gasteiger partial charge < -0.3 is 14.9 Å². The average molecular weight is 355 g/mol. The summed E-state index contributed by atoms with van der Waals surface area (Å²) in [6, 6.07) is 10.7. The van der Waals surface area contributed by atoms with Gasteiger partial charge in [0.1, 0.15) is 12.4 Å². The number of aryl methyl sites for hydroxylation is 1. The monoisotopic (exact) mass is 355 g/mol. The van der Waals surface area contributed by atoms with E-state index >= 15 is 0 Å². The molecule has 3 rings (SSSR count). The van der Waals surface area contributed by atoms with Gasteiger partial charge in [-0.15, -0.1) is 0 Å². The number of aliphatic hydroxyl groups is 1. The molecule has 7 nitrogen and oxygen atoms in total. The summed E-state index contributed by atoms with van der Waals surface area (Å²) < 4.78 is 4.99. The first-order valence-corrected chi connectivity index (χ1v) is 7.99. The molecule has 0 aliphatic carbocycles. The molecule has 0 radical (unpaired) electrons. The molecule has 0 aromatic heterocycles. The van der Waals surface area contributed by atoms with Crippen molar-refractivity contribution in [2.24, 2.45) is 0 Å². The van der Waals surface area contributed by atoms with Crippen molar-refractivity contribution < 1.29 is 29.3 Å². The maximum atomic E-state index is 12.2. The molecular formula is C19H17NO6. The highest BCUT2D eigenvalue weighted by Gasteiger charge is 2.35. The minimum Gasteiger partial charge on any atom is -0.508 e. The van der Waals surface area contributed by atoms with Crippen molar-refractivity contribution in [3.8, 4) is 5.75 Å². The second-order valence-electron chi connectivity index (χ2n) is 5.92. The standard InChI is InChI=1S/C19H17NO6/c1-11-10-12(6-7-15(11)21)16(22)19(25)26-9-8-20-17(23)13-4-2-3-5-14(13)18(20)24/h2-7,10,16,21-22H,8-9H2,1H3. The summed E-state index contributed by atoms with van der Waals surface area (Å²) in [5.74, 6) is -1.71. The predicted molar refractivity (Wildman–Crippen MR) is 90.6 cm³/mol. The van der Waals surface area contributed by atoms with Crippen LogP contribution in [0.5, 0.6) is 5.75 Å². The summed E-state index contributed by atoms with van der Waals surface area (Å²) >= 11 is 0. The van der Waals surface area contributed by atoms with E-state index in [-0.39, 0.29) is 24.5 Å². The first-order chi connectivity index (χ1) is 12.4. The van der Waals surface area contributed by atoms with E-state index in [0.717, 1.165) is 4.90 Å². The van der Waals surface area contributed by atoms with Crippen LogP contribution in [0.3, 0.4) is 0 Å². The number of fused-ring (bicyclic) bond motifs is 1. The Bertz CT molecular complexity index is 856. The van der Waals surface area contributed by atoms with Gasteiger partial charge in [0.25, 0.3) is 11.8 Å². The maximum Gasteiger partial charge on any atom is 0.339 e. The van der Waals surface area contributed by atoms with Crippen molar-refractivity contribution >= 4 is 17.8 Å². The van der Waals surface area contributed by atoms with Crippen LogP contribution in [0.15, 0.2) is 42.5 Å². The SMILES string of the molecule is Cc1cc(C(O)C(=O)OCCN2C(=O)c3ccccc3C2=O)ccc1O. The van der Waals surface area contributed by atoms with Gasteiger partial charge in [-0.2, -0.15) is 0 Å². The van der Waals surface area contributed by atoms with Gasteiger partial charge in [-0.3, -0.25) is 14.5 Å². The number of phenols is 1. The fourth-order valence-corrected chi connectivity index (χ4v) is 2.74. The quantitative estimate of drug-likeness (QED) is 0.623. The highest BCUT2D eigenvalue weighted by atomic mass is 16.5. The summed E-state index contributed by atoms with van der Waals surface area (Å²) in [6.07, 6.45) is -1.52. The molecular weight excluding hydrogens is 338 g/mol. The number of ether oxygens (including phenoxy) is 1. The smallest absolute Gasteiger partial charge is 0.339 e. The molecule has 1 aliphatic heterocycles. The van der Waals surface area contributed by atoms with Gasteiger partial charge >= 0.3 is 5.97 Å². The van der Waals surface area contributed by atoms with E-state index in [1.165, 1.54) is 18.2 Å². The van der Waals surface area contributed by atoms with Crippen molar-refractivity contribution in [2.75, 3.05) is 13.2 Å². The predicted octanol–water partition coefficient (Wildman–Crippen LogP) is 1.57. The van der Waals surface area contributed by atoms with E-state index < -0.39 is 23.9 Å². The van der Waals surface area contributed by atoms with Crippen molar-refractivity contribution in [1.82, 2.24) is 4.90 Å². The van der Waals surface area contributed by atoms with Gasteiger partial charge in [0.2, 0.25) is 0 Å². The van der Waals surface area contributed by atoms with Crippen molar-refractivity contribution in [3.05, 3.63) is 64.7 Å². The van der Waals surface area contributed by atoms with E-state index in [4.69, 9.17) is 4.74 Å². The third kappa shape index (κ3) is 3.16. The minimum absolute atomic E-state index is 0.0555. The molecule has 134 valence electrons. The number of phenolic OH excluding ortho intramolecular Hbond substituents is 1. The van der Waals surface area contributed by atoms with Gasteiger partial charge in [-0.05, 0) is 42.3 Å². The first-order valence-electron chi connectivity index (χ1n) is 7.99. The lowest BCUT2D eigenvalue weighted by atomic mass is 10.1. The number of esters is 1. The molecule has 2 amide bonds. The lowest BCUT2D eigenvalue weighted by molar-refractivity contribution is -0.154. The Morgan fingerprint density at radius 1 is 1.12 bits per heavy atom. The Morgan fingerprint density at radius 3 is 2.31 bits per heavy atom. The molecule has 1 aliphatic rings. The Hall–Kier alpha value is -3.19. The van der Waals surface area contributed by atoms with Crippen LogP contribution in [0.25, 0.3) is 0 Å². The number of nitrogens with zero attached hydrogens (tertiary/aromatic N) is 1. The summed E-state index contributed by atoms with van der Waals surface area (Å²) in [6.45, 7) is 1.32. The molecule has 2 N–H and O–H groups in total. The molecule has 2 aromatic carbocycles. The van der Waals surface area contributed by atoms with Gasteiger partial charge in [0.15, 0.2) is 6.10 Å². The molecule has 0 saturated carbocycles. The van der Waals surface area contributed by atoms with Crippen molar-refractivity contribution in [2.45, 2.75) is 13.0 Å². The number of rotatable bonds is 5. The Balaban J connectivity index is 1.58. The number of amides is 2. The number of imide groups is 1. The number of hydrogen-bond acceptors (Lipinski definition) is 6. The molecule has 1 unspecified atom stereocenters. The van der Waals surface area contributed by atoms with E-state index in [1.54, 1.807) is 31.2 Å². The number of carbonyl (C=O) groups excluding carboxylic acids is 3. The molecule has 0 saturated heterocycles. The first kappa shape index (κ1) is 17.6. The van der Waals surface area contributed by atoms with Crippen LogP contribution in [0, 0.1) is 6.92 Å². The van der Waals surface area contributed by atoms with Crippen molar-refractivity contribution in [1.29, 1.82) is 0 Å². The fourth-order valence-electron chi connectivity index (χ4n) is 2.74. The molecule has 0 bridgehead atoms. The molecule has 0 fully saturated rings. The van der Waals surface area contributed by atoms with Crippen LogP contribution in [0.2, 0.25) is 0 Å². The van der Waals surface area contributed by atoms with Crippen LogP contribution in [-0.4, -0.2) is 46.0 Å². The molecule has 26 heavy (non-hydrogen) atoms. The van der Waals surface area contributed by atoms with Gasteiger partial charge in [0.05, 0.1) is 17.7 Å². The average Bonchev–Trinajstić information content (AvgIpc) is 2.88. The zero-order valence-electron chi connectivity index (χ0n) is 14.0. The lowest BCUT2D eigenvalue weighted by Gasteiger charge is -2.15. The zero-order valence-corrected chi connectivity index (χ0v) is 14.0. The number of aromatic hydroxyl groups is 1. The molecule has 7 heteroatoms. The van der Waals surface area contributed by atoms with Crippen LogP contribution in [-0.2, 0) is 9.53 Å². The highest BCUT2D eigenvalue weighted by Crippen LogP contribution is 2.23. The van der Waals surface area contributed by atoms with Crippen LogP contribution in [0.1, 0.15) is 37.9 Å². The third-order valence-corrected chi connectivity index (χ3v) is 4.20. The summed E-state index contributed by atoms with van der Waals surface area (Å²) in [7, 11) is 0. The van der Waals surface area contributed by atoms with Gasteiger partial charge in [-0.1, -0.05) is 18.2 Å². The van der Waals surface area contributed by atoms with Crippen molar-refractivity contribution in [3.63, 3.8) is 0 Å². The second kappa shape index (κ2) is 6.97. The lowest BCUT2D eigenvalue weighted by Crippen LogP contribution is -2.34. The van der Waals surface area contributed by atoms with Gasteiger partial charge in [-0.25, -0.2) is 4.79 Å². The van der Waals surface area contributed by atoms with E-state index in [2.05, 4.69) is 0 Å². The fraction of sp³-hybridized carbons (Fsp3) is 0.211. The Labute approximate surface area is 149 Å². The third-order valence-electron chi connectivity index (χ3n) is 4.20. The molecule has 1 atom stereocenters. The van der Waals surface area contributed by atoms with Crippen LogP contribution in [0.4, 0.5) is 0 Å². The second-order valence-corrected chi connectivity index (χ2v) is 5.92. The van der Waals surface area contributed by atoms with E-state index in [0.29, 0.717) is 16.7 Å². The maximum absolute atomic E-state index is 12.2. The number of aliphatic hydroxyl groups excluding tert-OH is 1. The highest BCUT2D eigenvalue weighted by molar-refractivity contribution is 6.21. The molecule has 2 aromatic rings. The zero-order chi connectivity index (χ0) is 18.8. The summed E-state index contributed by atoms with van der Waals surface area (Å²) in [5, 5.41) is 19.5. The van der Waals surface area contributed by atoms with Gasteiger partial charge in [0, 0.05) is 0 Å². The number of hydrogen-bond donors (Lipinski definition) is 2. The Kier molecular flexibility index (Phi) is 4.73. The molecule has 1 heterocycles. The summed E-state index contributed by atoms with van der Waals surface area (Å²) in [5.41, 5.74) is 1.44.